The molecule has 0 bridgehead atoms. The molecule has 0 spiro atoms. The Hall–Kier alpha value is -3.01. The zero-order valence-electron chi connectivity index (χ0n) is 17.1. The molecule has 1 aliphatic rings. The summed E-state index contributed by atoms with van der Waals surface area (Å²) < 4.78 is 43.1. The number of carbonyl (C=O) groups is 1. The van der Waals surface area contributed by atoms with Crippen LogP contribution in [0.1, 0.15) is 23.0 Å². The van der Waals surface area contributed by atoms with Gasteiger partial charge < -0.3 is 19.6 Å². The molecule has 1 saturated heterocycles. The average molecular weight is 435 g/mol. The van der Waals surface area contributed by atoms with E-state index < -0.39 is 12.7 Å². The molecule has 0 radical (unpaired) electrons. The highest BCUT2D eigenvalue weighted by atomic mass is 19.4. The van der Waals surface area contributed by atoms with Crippen LogP contribution < -0.4 is 10.2 Å². The largest absolute Gasteiger partial charge is 0.418 e. The third-order valence-electron chi connectivity index (χ3n) is 5.34. The molecule has 1 atom stereocenters. The van der Waals surface area contributed by atoms with Crippen LogP contribution in [0.4, 0.5) is 19.2 Å². The van der Waals surface area contributed by atoms with Gasteiger partial charge in [0.2, 0.25) is 5.76 Å². The fourth-order valence-electron chi connectivity index (χ4n) is 3.84. The first-order chi connectivity index (χ1) is 14.8. The van der Waals surface area contributed by atoms with Crippen molar-refractivity contribution in [1.82, 2.24) is 20.2 Å². The quantitative estimate of drug-likeness (QED) is 0.622. The minimum Gasteiger partial charge on any atom is -0.418 e. The molecule has 0 aliphatic carbocycles. The van der Waals surface area contributed by atoms with Crippen LogP contribution in [0, 0.1) is 0 Å². The zero-order chi connectivity index (χ0) is 22.0. The number of amides is 1. The number of piperazine rings is 1. The van der Waals surface area contributed by atoms with Gasteiger partial charge in [-0.05, 0) is 25.0 Å². The number of H-pyrrole nitrogens is 1. The second-order valence-electron chi connectivity index (χ2n) is 7.82. The topological polar surface area (TPSA) is 77.4 Å². The van der Waals surface area contributed by atoms with Crippen molar-refractivity contribution in [2.24, 2.45) is 0 Å². The summed E-state index contributed by atoms with van der Waals surface area (Å²) in [4.78, 5) is 23.0. The highest BCUT2D eigenvalue weighted by Crippen LogP contribution is 2.21. The molecule has 166 valence electrons. The van der Waals surface area contributed by atoms with Crippen LogP contribution in [-0.2, 0) is 6.42 Å². The highest BCUT2D eigenvalue weighted by Gasteiger charge is 2.32. The van der Waals surface area contributed by atoms with Crippen LogP contribution in [0.2, 0.25) is 0 Å². The van der Waals surface area contributed by atoms with E-state index in [1.54, 1.807) is 4.90 Å². The first-order valence-corrected chi connectivity index (χ1v) is 10.1. The van der Waals surface area contributed by atoms with Gasteiger partial charge in [-0.1, -0.05) is 18.2 Å². The highest BCUT2D eigenvalue weighted by molar-refractivity contribution is 5.91. The molecule has 3 aromatic rings. The van der Waals surface area contributed by atoms with Gasteiger partial charge in [0.25, 0.3) is 11.9 Å². The van der Waals surface area contributed by atoms with Crippen molar-refractivity contribution in [2.45, 2.75) is 25.6 Å². The fourth-order valence-corrected chi connectivity index (χ4v) is 3.84. The summed E-state index contributed by atoms with van der Waals surface area (Å²) in [5, 5.41) is 4.03. The van der Waals surface area contributed by atoms with Crippen LogP contribution >= 0.6 is 0 Å². The molecule has 7 nitrogen and oxygen atoms in total. The second kappa shape index (κ2) is 8.62. The molecular formula is C21H24F3N5O2. The van der Waals surface area contributed by atoms with Crippen molar-refractivity contribution in [2.75, 3.05) is 37.6 Å². The zero-order valence-corrected chi connectivity index (χ0v) is 17.1. The number of rotatable bonds is 6. The van der Waals surface area contributed by atoms with E-state index in [9.17, 15) is 18.0 Å². The Bertz CT molecular complexity index is 1040. The Kier molecular flexibility index (Phi) is 5.90. The van der Waals surface area contributed by atoms with Gasteiger partial charge in [0.15, 0.2) is 0 Å². The standard InChI is InChI=1S/C21H24F3N5O2/c1-14(10-15-11-25-17-5-3-2-4-16(15)17)27-19(30)18-12-26-20(31-18)29-8-6-28(7-9-29)13-21(22,23)24/h2-5,11-12,14,25H,6-10,13H2,1H3,(H,27,30). The number of para-hydroxylation sites is 1. The molecule has 2 N–H and O–H groups in total. The van der Waals surface area contributed by atoms with Crippen LogP contribution in [0.3, 0.4) is 0 Å². The first kappa shape index (κ1) is 21.2. The van der Waals surface area contributed by atoms with E-state index in [4.69, 9.17) is 4.42 Å². The Morgan fingerprint density at radius 3 is 2.74 bits per heavy atom. The number of anilines is 1. The molecule has 1 aromatic carbocycles. The number of carbonyl (C=O) groups excluding carboxylic acids is 1. The summed E-state index contributed by atoms with van der Waals surface area (Å²) in [7, 11) is 0. The van der Waals surface area contributed by atoms with E-state index in [1.807, 2.05) is 37.4 Å². The molecular weight excluding hydrogens is 411 g/mol. The number of nitrogens with zero attached hydrogens (tertiary/aromatic N) is 3. The second-order valence-corrected chi connectivity index (χ2v) is 7.82. The average Bonchev–Trinajstić information content (AvgIpc) is 3.35. The molecule has 0 saturated carbocycles. The molecule has 2 aromatic heterocycles. The molecule has 1 aliphatic heterocycles. The van der Waals surface area contributed by atoms with Crippen molar-refractivity contribution in [3.63, 3.8) is 0 Å². The Morgan fingerprint density at radius 1 is 1.26 bits per heavy atom. The number of alkyl halides is 3. The van der Waals surface area contributed by atoms with Crippen LogP contribution in [0.5, 0.6) is 0 Å². The molecule has 4 rings (SSSR count). The van der Waals surface area contributed by atoms with Crippen LogP contribution in [0.15, 0.2) is 41.1 Å². The van der Waals surface area contributed by atoms with E-state index in [1.165, 1.54) is 11.1 Å². The van der Waals surface area contributed by atoms with Gasteiger partial charge in [-0.25, -0.2) is 4.98 Å². The van der Waals surface area contributed by atoms with Gasteiger partial charge >= 0.3 is 6.18 Å². The van der Waals surface area contributed by atoms with E-state index >= 15 is 0 Å². The smallest absolute Gasteiger partial charge is 0.401 e. The monoisotopic (exact) mass is 435 g/mol. The van der Waals surface area contributed by atoms with Crippen molar-refractivity contribution in [1.29, 1.82) is 0 Å². The summed E-state index contributed by atoms with van der Waals surface area (Å²) in [6.45, 7) is 2.21. The number of aromatic nitrogens is 2. The fraction of sp³-hybridized carbons (Fsp3) is 0.429. The maximum atomic E-state index is 12.5. The third-order valence-corrected chi connectivity index (χ3v) is 5.34. The summed E-state index contributed by atoms with van der Waals surface area (Å²) in [6, 6.07) is 8.09. The van der Waals surface area contributed by atoms with E-state index in [-0.39, 0.29) is 36.8 Å². The van der Waals surface area contributed by atoms with E-state index in [0.717, 1.165) is 16.5 Å². The molecule has 1 amide bonds. The van der Waals surface area contributed by atoms with Crippen molar-refractivity contribution >= 4 is 22.8 Å². The van der Waals surface area contributed by atoms with Gasteiger partial charge in [-0.3, -0.25) is 9.69 Å². The van der Waals surface area contributed by atoms with E-state index in [2.05, 4.69) is 15.3 Å². The van der Waals surface area contributed by atoms with Crippen LogP contribution in [-0.4, -0.2) is 65.7 Å². The van der Waals surface area contributed by atoms with Gasteiger partial charge in [0, 0.05) is 49.3 Å². The SMILES string of the molecule is CC(Cc1c[nH]c2ccccc12)NC(=O)c1cnc(N2CCN(CC(F)(F)F)CC2)o1. The molecule has 3 heterocycles. The predicted molar refractivity (Wildman–Crippen MR) is 110 cm³/mol. The minimum atomic E-state index is -4.21. The van der Waals surface area contributed by atoms with Gasteiger partial charge in [0.05, 0.1) is 12.7 Å². The number of aromatic amines is 1. The minimum absolute atomic E-state index is 0.0819. The number of benzene rings is 1. The molecule has 10 heteroatoms. The van der Waals surface area contributed by atoms with Gasteiger partial charge in [-0.15, -0.1) is 0 Å². The number of fused-ring (bicyclic) bond motifs is 1. The lowest BCUT2D eigenvalue weighted by Gasteiger charge is -2.34. The van der Waals surface area contributed by atoms with Crippen LogP contribution in [0.25, 0.3) is 10.9 Å². The third kappa shape index (κ3) is 5.19. The Labute approximate surface area is 177 Å². The summed E-state index contributed by atoms with van der Waals surface area (Å²) in [5.41, 5.74) is 2.16. The molecule has 31 heavy (non-hydrogen) atoms. The lowest BCUT2D eigenvalue weighted by molar-refractivity contribution is -0.146. The Morgan fingerprint density at radius 2 is 2.00 bits per heavy atom. The van der Waals surface area contributed by atoms with Crippen molar-refractivity contribution in [3.8, 4) is 0 Å². The molecule has 1 fully saturated rings. The van der Waals surface area contributed by atoms with Gasteiger partial charge in [-0.2, -0.15) is 13.2 Å². The maximum absolute atomic E-state index is 12.5. The lowest BCUT2D eigenvalue weighted by atomic mass is 10.1. The van der Waals surface area contributed by atoms with Crippen molar-refractivity contribution < 1.29 is 22.4 Å². The number of oxazole rings is 1. The summed E-state index contributed by atoms with van der Waals surface area (Å²) >= 11 is 0. The number of halogens is 3. The van der Waals surface area contributed by atoms with Gasteiger partial charge in [0.1, 0.15) is 0 Å². The Balaban J connectivity index is 1.31. The number of hydrogen-bond acceptors (Lipinski definition) is 5. The lowest BCUT2D eigenvalue weighted by Crippen LogP contribution is -2.49. The number of nitrogens with one attached hydrogen (secondary N) is 2. The predicted octanol–water partition coefficient (Wildman–Crippen LogP) is 3.20. The van der Waals surface area contributed by atoms with Crippen molar-refractivity contribution in [3.05, 3.63) is 48.0 Å². The summed E-state index contributed by atoms with van der Waals surface area (Å²) in [5.74, 6) is -0.291. The first-order valence-electron chi connectivity index (χ1n) is 10.1. The summed E-state index contributed by atoms with van der Waals surface area (Å²) in [6.07, 6.45) is -0.263. The maximum Gasteiger partial charge on any atom is 0.401 e. The van der Waals surface area contributed by atoms with E-state index in [0.29, 0.717) is 19.5 Å². The number of hydrogen-bond donors (Lipinski definition) is 2. The normalized spacial score (nSPS) is 16.6. The molecule has 1 unspecified atom stereocenters.